The van der Waals surface area contributed by atoms with Crippen LogP contribution in [0.25, 0.3) is 10.9 Å². The molecule has 0 spiro atoms. The van der Waals surface area contributed by atoms with E-state index in [1.54, 1.807) is 24.6 Å². The molecule has 8 heteroatoms. The van der Waals surface area contributed by atoms with E-state index in [0.29, 0.717) is 22.8 Å². The molecular weight excluding hydrogens is 458 g/mol. The SMILES string of the molecule is COc1ccc2ncc(Cl)c([C@H](O)CCC3(CO)CCN(CCCc4nccs4)CC3)c2c1. The number of hydrogen-bond donors (Lipinski definition) is 2. The number of thiazole rings is 1. The number of benzene rings is 1. The van der Waals surface area contributed by atoms with Crippen molar-refractivity contribution in [2.45, 2.75) is 44.6 Å². The molecule has 6 nitrogen and oxygen atoms in total. The molecule has 0 radical (unpaired) electrons. The van der Waals surface area contributed by atoms with E-state index in [0.717, 1.165) is 62.6 Å². The van der Waals surface area contributed by atoms with E-state index >= 15 is 0 Å². The fourth-order valence-corrected chi connectivity index (χ4v) is 5.73. The van der Waals surface area contributed by atoms with Crippen LogP contribution in [0, 0.1) is 5.41 Å². The fourth-order valence-electron chi connectivity index (χ4n) is 4.79. The van der Waals surface area contributed by atoms with Gasteiger partial charge in [-0.3, -0.25) is 4.98 Å². The Morgan fingerprint density at radius 3 is 2.79 bits per heavy atom. The molecule has 3 heterocycles. The second-order valence-electron chi connectivity index (χ2n) is 8.99. The molecule has 1 aliphatic heterocycles. The van der Waals surface area contributed by atoms with Crippen molar-refractivity contribution in [1.29, 1.82) is 0 Å². The summed E-state index contributed by atoms with van der Waals surface area (Å²) in [5.74, 6) is 0.703. The molecule has 1 aliphatic rings. The van der Waals surface area contributed by atoms with Gasteiger partial charge in [0.1, 0.15) is 5.75 Å². The molecule has 3 aromatic rings. The van der Waals surface area contributed by atoms with Gasteiger partial charge in [0.05, 0.1) is 28.8 Å². The van der Waals surface area contributed by atoms with Gasteiger partial charge in [0, 0.05) is 41.8 Å². The van der Waals surface area contributed by atoms with Crippen LogP contribution in [-0.2, 0) is 6.42 Å². The Balaban J connectivity index is 1.35. The Morgan fingerprint density at radius 1 is 1.27 bits per heavy atom. The smallest absolute Gasteiger partial charge is 0.119 e. The van der Waals surface area contributed by atoms with Crippen LogP contribution in [-0.4, -0.2) is 58.4 Å². The molecule has 2 aromatic heterocycles. The number of fused-ring (bicyclic) bond motifs is 1. The average Bonchev–Trinajstić information content (AvgIpc) is 3.36. The van der Waals surface area contributed by atoms with Crippen molar-refractivity contribution in [2.75, 3.05) is 33.4 Å². The maximum absolute atomic E-state index is 11.1. The molecule has 0 bridgehead atoms. The fraction of sp³-hybridized carbons (Fsp3) is 0.520. The first-order valence-corrected chi connectivity index (χ1v) is 12.8. The van der Waals surface area contributed by atoms with Gasteiger partial charge < -0.3 is 19.8 Å². The Morgan fingerprint density at radius 2 is 2.09 bits per heavy atom. The lowest BCUT2D eigenvalue weighted by Gasteiger charge is -2.41. The number of likely N-dealkylation sites (tertiary alicyclic amines) is 1. The van der Waals surface area contributed by atoms with Crippen LogP contribution in [0.4, 0.5) is 0 Å². The number of hydrogen-bond acceptors (Lipinski definition) is 7. The molecule has 1 fully saturated rings. The van der Waals surface area contributed by atoms with E-state index in [-0.39, 0.29) is 12.0 Å². The van der Waals surface area contributed by atoms with Gasteiger partial charge in [-0.1, -0.05) is 11.6 Å². The highest BCUT2D eigenvalue weighted by Crippen LogP contribution is 2.40. The summed E-state index contributed by atoms with van der Waals surface area (Å²) in [7, 11) is 1.62. The lowest BCUT2D eigenvalue weighted by molar-refractivity contribution is 0.0234. The van der Waals surface area contributed by atoms with Crippen molar-refractivity contribution >= 4 is 33.8 Å². The van der Waals surface area contributed by atoms with Gasteiger partial charge in [-0.25, -0.2) is 4.98 Å². The third kappa shape index (κ3) is 5.84. The summed E-state index contributed by atoms with van der Waals surface area (Å²) in [6.07, 6.45) is 8.03. The number of methoxy groups -OCH3 is 1. The number of aliphatic hydroxyl groups is 2. The molecule has 178 valence electrons. The highest BCUT2D eigenvalue weighted by atomic mass is 35.5. The summed E-state index contributed by atoms with van der Waals surface area (Å²) in [6, 6.07) is 5.60. The van der Waals surface area contributed by atoms with Gasteiger partial charge in [0.2, 0.25) is 0 Å². The molecule has 1 atom stereocenters. The zero-order valence-corrected chi connectivity index (χ0v) is 20.6. The molecule has 0 aliphatic carbocycles. The molecule has 0 saturated carbocycles. The first-order chi connectivity index (χ1) is 16.0. The van der Waals surface area contributed by atoms with Crippen LogP contribution in [0.15, 0.2) is 36.0 Å². The highest BCUT2D eigenvalue weighted by molar-refractivity contribution is 7.09. The number of halogens is 1. The third-order valence-electron chi connectivity index (χ3n) is 6.95. The Kier molecular flexibility index (Phi) is 8.20. The molecule has 4 rings (SSSR count). The molecule has 2 N–H and O–H groups in total. The van der Waals surface area contributed by atoms with Crippen molar-refractivity contribution in [1.82, 2.24) is 14.9 Å². The number of piperidine rings is 1. The number of ether oxygens (including phenoxy) is 1. The van der Waals surface area contributed by atoms with E-state index in [1.165, 1.54) is 5.01 Å². The number of aryl methyl sites for hydroxylation is 1. The molecule has 1 saturated heterocycles. The topological polar surface area (TPSA) is 78.7 Å². The lowest BCUT2D eigenvalue weighted by Crippen LogP contribution is -2.42. The molecule has 33 heavy (non-hydrogen) atoms. The maximum Gasteiger partial charge on any atom is 0.119 e. The van der Waals surface area contributed by atoms with E-state index in [2.05, 4.69) is 14.9 Å². The molecule has 0 amide bonds. The summed E-state index contributed by atoms with van der Waals surface area (Å²) in [6.45, 7) is 3.16. The van der Waals surface area contributed by atoms with Crippen molar-refractivity contribution in [3.63, 3.8) is 0 Å². The minimum absolute atomic E-state index is 0.144. The van der Waals surface area contributed by atoms with E-state index in [4.69, 9.17) is 16.3 Å². The van der Waals surface area contributed by atoms with E-state index in [9.17, 15) is 10.2 Å². The lowest BCUT2D eigenvalue weighted by atomic mass is 9.74. The molecule has 1 aromatic carbocycles. The summed E-state index contributed by atoms with van der Waals surface area (Å²) < 4.78 is 5.35. The maximum atomic E-state index is 11.1. The quantitative estimate of drug-likeness (QED) is 0.423. The summed E-state index contributed by atoms with van der Waals surface area (Å²) in [4.78, 5) is 11.2. The number of nitrogens with zero attached hydrogens (tertiary/aromatic N) is 3. The summed E-state index contributed by atoms with van der Waals surface area (Å²) in [5, 5.41) is 25.8. The van der Waals surface area contributed by atoms with Gasteiger partial charge in [0.25, 0.3) is 0 Å². The normalized spacial score (nSPS) is 17.3. The van der Waals surface area contributed by atoms with E-state index in [1.807, 2.05) is 29.8 Å². The van der Waals surface area contributed by atoms with Crippen LogP contribution >= 0.6 is 22.9 Å². The molecule has 0 unspecified atom stereocenters. The minimum atomic E-state index is -0.727. The predicted molar refractivity (Wildman–Crippen MR) is 133 cm³/mol. The van der Waals surface area contributed by atoms with Crippen molar-refractivity contribution in [3.8, 4) is 5.75 Å². The van der Waals surface area contributed by atoms with Gasteiger partial charge in [-0.2, -0.15) is 0 Å². The van der Waals surface area contributed by atoms with Crippen LogP contribution in [0.1, 0.15) is 48.8 Å². The van der Waals surface area contributed by atoms with Crippen molar-refractivity contribution in [3.05, 3.63) is 51.6 Å². The summed E-state index contributed by atoms with van der Waals surface area (Å²) in [5.41, 5.74) is 1.31. The number of pyridine rings is 1. The Bertz CT molecular complexity index is 1040. The van der Waals surface area contributed by atoms with Gasteiger partial charge in [0.15, 0.2) is 0 Å². The first-order valence-electron chi connectivity index (χ1n) is 11.6. The van der Waals surface area contributed by atoms with Crippen LogP contribution < -0.4 is 4.74 Å². The highest BCUT2D eigenvalue weighted by Gasteiger charge is 2.34. The Hall–Kier alpha value is -1.77. The summed E-state index contributed by atoms with van der Waals surface area (Å²) >= 11 is 8.18. The average molecular weight is 490 g/mol. The van der Waals surface area contributed by atoms with Gasteiger partial charge in [-0.05, 0) is 75.4 Å². The van der Waals surface area contributed by atoms with Crippen LogP contribution in [0.5, 0.6) is 5.75 Å². The van der Waals surface area contributed by atoms with Crippen molar-refractivity contribution in [2.24, 2.45) is 5.41 Å². The zero-order chi connectivity index (χ0) is 23.3. The van der Waals surface area contributed by atoms with Crippen molar-refractivity contribution < 1.29 is 14.9 Å². The standard InChI is InChI=1S/C25H32ClN3O3S/c1-32-18-4-5-21-19(15-18)24(20(26)16-28-21)22(31)6-7-25(17-30)8-12-29(13-9-25)11-2-3-23-27-10-14-33-23/h4-5,10,14-16,22,30-31H,2-3,6-9,11-13,17H2,1H3/t22-/m1/s1. The van der Waals surface area contributed by atoms with Crippen LogP contribution in [0.2, 0.25) is 5.02 Å². The Labute approximate surface area is 204 Å². The van der Waals surface area contributed by atoms with E-state index < -0.39 is 6.10 Å². The third-order valence-corrected chi connectivity index (χ3v) is 8.09. The molecular formula is C25H32ClN3O3S. The van der Waals surface area contributed by atoms with Gasteiger partial charge in [-0.15, -0.1) is 11.3 Å². The number of aromatic nitrogens is 2. The number of rotatable bonds is 10. The number of aliphatic hydroxyl groups excluding tert-OH is 2. The minimum Gasteiger partial charge on any atom is -0.497 e. The zero-order valence-electron chi connectivity index (χ0n) is 19.0. The first kappa shape index (κ1) is 24.4. The van der Waals surface area contributed by atoms with Crippen LogP contribution in [0.3, 0.4) is 0 Å². The van der Waals surface area contributed by atoms with Gasteiger partial charge >= 0.3 is 0 Å². The predicted octanol–water partition coefficient (Wildman–Crippen LogP) is 4.87. The monoisotopic (exact) mass is 489 g/mol. The second kappa shape index (κ2) is 11.1. The largest absolute Gasteiger partial charge is 0.497 e. The second-order valence-corrected chi connectivity index (χ2v) is 10.4.